The van der Waals surface area contributed by atoms with Crippen LogP contribution in [0.2, 0.25) is 0 Å². The van der Waals surface area contributed by atoms with E-state index in [1.165, 1.54) is 12.1 Å². The number of carbonyl (C=O) groups is 1. The molecule has 3 atom stereocenters. The van der Waals surface area contributed by atoms with Crippen LogP contribution in [0.5, 0.6) is 0 Å². The summed E-state index contributed by atoms with van der Waals surface area (Å²) >= 11 is 0. The lowest BCUT2D eigenvalue weighted by Crippen LogP contribution is -2.82. The van der Waals surface area contributed by atoms with Crippen LogP contribution in [0.1, 0.15) is 37.8 Å². The zero-order valence-electron chi connectivity index (χ0n) is 15.1. The Balaban J connectivity index is 0.00000225. The van der Waals surface area contributed by atoms with Gasteiger partial charge in [0.05, 0.1) is 6.10 Å². The zero-order valence-corrected chi connectivity index (χ0v) is 15.9. The van der Waals surface area contributed by atoms with Crippen LogP contribution in [-0.4, -0.2) is 30.7 Å². The molecule has 25 heavy (non-hydrogen) atoms. The van der Waals surface area contributed by atoms with Crippen molar-refractivity contribution in [3.63, 3.8) is 0 Å². The lowest BCUT2D eigenvalue weighted by atomic mass is 9.46. The van der Waals surface area contributed by atoms with Crippen molar-refractivity contribution in [1.29, 1.82) is 0 Å². The summed E-state index contributed by atoms with van der Waals surface area (Å²) in [5.74, 6) is -0.242. The third kappa shape index (κ3) is 3.18. The molecule has 3 unspecified atom stereocenters. The summed E-state index contributed by atoms with van der Waals surface area (Å²) in [6.07, 6.45) is 2.63. The highest BCUT2D eigenvalue weighted by Crippen LogP contribution is 2.57. The smallest absolute Gasteiger partial charge is 0.241 e. The van der Waals surface area contributed by atoms with Crippen LogP contribution in [-0.2, 0) is 16.0 Å². The number of ether oxygens (including phenoxy) is 1. The van der Waals surface area contributed by atoms with Crippen LogP contribution in [0.15, 0.2) is 18.2 Å². The highest BCUT2D eigenvalue weighted by molar-refractivity contribution is 5.89. The molecule has 140 valence electrons. The van der Waals surface area contributed by atoms with Gasteiger partial charge < -0.3 is 15.8 Å². The third-order valence-electron chi connectivity index (χ3n) is 6.04. The Morgan fingerprint density at radius 1 is 1.44 bits per heavy atom. The number of hydrogen-bond donors (Lipinski definition) is 2. The van der Waals surface area contributed by atoms with E-state index in [4.69, 9.17) is 10.5 Å². The van der Waals surface area contributed by atoms with Gasteiger partial charge in [0.25, 0.3) is 0 Å². The molecular weight excluding hydrogens is 343 g/mol. The Labute approximate surface area is 155 Å². The number of fused-ring (bicyclic) bond motifs is 1. The van der Waals surface area contributed by atoms with E-state index in [1.54, 1.807) is 6.07 Å². The van der Waals surface area contributed by atoms with Crippen LogP contribution >= 0.6 is 12.4 Å². The first-order valence-corrected chi connectivity index (χ1v) is 8.72. The summed E-state index contributed by atoms with van der Waals surface area (Å²) in [6.45, 7) is 7.17. The highest BCUT2D eigenvalue weighted by Gasteiger charge is 2.70. The maximum absolute atomic E-state index is 13.2. The molecule has 1 aromatic rings. The predicted octanol–water partition coefficient (Wildman–Crippen LogP) is 2.75. The van der Waals surface area contributed by atoms with Crippen LogP contribution < -0.4 is 11.1 Å². The first kappa shape index (κ1) is 20.1. The maximum atomic E-state index is 13.2. The topological polar surface area (TPSA) is 64.4 Å². The molecule has 2 aliphatic rings. The normalized spacial score (nSPS) is 29.8. The molecule has 3 rings (SSSR count). The molecule has 0 aromatic heterocycles. The number of aryl methyl sites for hydroxylation is 1. The second-order valence-corrected chi connectivity index (χ2v) is 7.71. The van der Waals surface area contributed by atoms with Crippen molar-refractivity contribution in [2.75, 3.05) is 13.2 Å². The monoisotopic (exact) mass is 370 g/mol. The minimum atomic E-state index is -0.879. The van der Waals surface area contributed by atoms with E-state index in [-0.39, 0.29) is 41.6 Å². The molecule has 6 heteroatoms. The van der Waals surface area contributed by atoms with Gasteiger partial charge in [0.15, 0.2) is 0 Å². The van der Waals surface area contributed by atoms with Crippen molar-refractivity contribution < 1.29 is 13.9 Å². The van der Waals surface area contributed by atoms with Gasteiger partial charge in [-0.1, -0.05) is 19.9 Å². The second-order valence-electron chi connectivity index (χ2n) is 7.71. The lowest BCUT2D eigenvalue weighted by molar-refractivity contribution is -0.225. The van der Waals surface area contributed by atoms with E-state index in [0.29, 0.717) is 13.0 Å². The van der Waals surface area contributed by atoms with E-state index >= 15 is 0 Å². The first-order valence-electron chi connectivity index (χ1n) is 8.72. The van der Waals surface area contributed by atoms with Gasteiger partial charge in [-0.2, -0.15) is 0 Å². The van der Waals surface area contributed by atoms with Gasteiger partial charge in [-0.25, -0.2) is 4.39 Å². The average molecular weight is 371 g/mol. The molecule has 0 spiro atoms. The molecule has 2 fully saturated rings. The average Bonchev–Trinajstić information content (AvgIpc) is 2.55. The van der Waals surface area contributed by atoms with Gasteiger partial charge in [-0.05, 0) is 49.4 Å². The number of benzene rings is 1. The number of rotatable bonds is 4. The van der Waals surface area contributed by atoms with Gasteiger partial charge in [-0.15, -0.1) is 12.4 Å². The third-order valence-corrected chi connectivity index (χ3v) is 6.04. The molecular formula is C19H28ClFN2O2. The number of amides is 1. The minimum absolute atomic E-state index is 0. The predicted molar refractivity (Wildman–Crippen MR) is 98.3 cm³/mol. The fraction of sp³-hybridized carbons (Fsp3) is 0.632. The summed E-state index contributed by atoms with van der Waals surface area (Å²) < 4.78 is 19.0. The molecule has 1 aromatic carbocycles. The lowest BCUT2D eigenvalue weighted by Gasteiger charge is -2.65. The molecule has 0 bridgehead atoms. The van der Waals surface area contributed by atoms with E-state index in [2.05, 4.69) is 5.32 Å². The van der Waals surface area contributed by atoms with Crippen LogP contribution in [0, 0.1) is 24.1 Å². The van der Waals surface area contributed by atoms with Crippen molar-refractivity contribution in [2.24, 2.45) is 17.1 Å². The number of halogens is 2. The van der Waals surface area contributed by atoms with E-state index < -0.39 is 5.54 Å². The number of nitrogens with one attached hydrogen (secondary N) is 1. The molecule has 1 saturated carbocycles. The molecule has 1 heterocycles. The molecule has 4 nitrogen and oxygen atoms in total. The van der Waals surface area contributed by atoms with Crippen LogP contribution in [0.3, 0.4) is 0 Å². The fourth-order valence-electron chi connectivity index (χ4n) is 4.43. The van der Waals surface area contributed by atoms with Crippen molar-refractivity contribution in [3.8, 4) is 0 Å². The number of nitrogens with two attached hydrogens (primary N) is 1. The summed E-state index contributed by atoms with van der Waals surface area (Å²) in [5, 5.41) is 2.99. The Morgan fingerprint density at radius 3 is 2.84 bits per heavy atom. The molecule has 1 aliphatic carbocycles. The van der Waals surface area contributed by atoms with Crippen molar-refractivity contribution >= 4 is 18.3 Å². The van der Waals surface area contributed by atoms with Gasteiger partial charge in [-0.3, -0.25) is 4.79 Å². The Hall–Kier alpha value is -1.17. The number of hydrogen-bond acceptors (Lipinski definition) is 3. The maximum Gasteiger partial charge on any atom is 0.241 e. The first-order chi connectivity index (χ1) is 11.3. The van der Waals surface area contributed by atoms with E-state index in [0.717, 1.165) is 30.6 Å². The summed E-state index contributed by atoms with van der Waals surface area (Å²) in [6, 6.07) is 4.74. The Bertz CT molecular complexity index is 652. The van der Waals surface area contributed by atoms with E-state index in [9.17, 15) is 9.18 Å². The zero-order chi connectivity index (χ0) is 17.5. The Morgan fingerprint density at radius 2 is 2.16 bits per heavy atom. The summed E-state index contributed by atoms with van der Waals surface area (Å²) in [4.78, 5) is 12.8. The van der Waals surface area contributed by atoms with Gasteiger partial charge in [0.1, 0.15) is 11.4 Å². The molecule has 1 aliphatic heterocycles. The van der Waals surface area contributed by atoms with Crippen LogP contribution in [0.4, 0.5) is 4.39 Å². The molecule has 0 radical (unpaired) electrons. The Kier molecular flexibility index (Phi) is 5.81. The quantitative estimate of drug-likeness (QED) is 0.856. The molecule has 1 amide bonds. The van der Waals surface area contributed by atoms with Gasteiger partial charge >= 0.3 is 0 Å². The van der Waals surface area contributed by atoms with E-state index in [1.807, 2.05) is 20.8 Å². The van der Waals surface area contributed by atoms with Gasteiger partial charge in [0, 0.05) is 24.5 Å². The van der Waals surface area contributed by atoms with Crippen LogP contribution in [0.25, 0.3) is 0 Å². The standard InChI is InChI=1S/C19H27FN2O2.ClH/c1-12-11-14(20)7-6-13(12)8-9-22-17(23)19(21)15-5-4-10-24-16(15)18(19,2)3;/h6-7,11,15-16H,4-5,8-10,21H2,1-3H3,(H,22,23);1H. The molecule has 1 saturated heterocycles. The SMILES string of the molecule is Cc1cc(F)ccc1CCNC(=O)C1(N)C2CCCOC2C1(C)C.Cl. The second kappa shape index (κ2) is 7.22. The molecule has 3 N–H and O–H groups in total. The summed E-state index contributed by atoms with van der Waals surface area (Å²) in [7, 11) is 0. The van der Waals surface area contributed by atoms with Crippen molar-refractivity contribution in [3.05, 3.63) is 35.1 Å². The highest BCUT2D eigenvalue weighted by atomic mass is 35.5. The van der Waals surface area contributed by atoms with Crippen molar-refractivity contribution in [2.45, 2.75) is 51.7 Å². The van der Waals surface area contributed by atoms with Gasteiger partial charge in [0.2, 0.25) is 5.91 Å². The number of carbonyl (C=O) groups excluding carboxylic acids is 1. The summed E-state index contributed by atoms with van der Waals surface area (Å²) in [5.41, 5.74) is 7.26. The minimum Gasteiger partial charge on any atom is -0.377 e. The van der Waals surface area contributed by atoms with Crippen molar-refractivity contribution in [1.82, 2.24) is 5.32 Å². The largest absolute Gasteiger partial charge is 0.377 e. The fourth-order valence-corrected chi connectivity index (χ4v) is 4.43.